The Morgan fingerprint density at radius 2 is 2.03 bits per heavy atom. The van der Waals surface area contributed by atoms with Crippen LogP contribution in [0.5, 0.6) is 0 Å². The van der Waals surface area contributed by atoms with E-state index < -0.39 is 23.6 Å². The molecule has 1 atom stereocenters. The number of carboxylic acid groups (broad SMARTS) is 1. The summed E-state index contributed by atoms with van der Waals surface area (Å²) in [5.74, 6) is 5.29. The summed E-state index contributed by atoms with van der Waals surface area (Å²) in [6, 6.07) is 12.9. The number of aromatic nitrogens is 1. The average Bonchev–Trinajstić information content (AvgIpc) is 3.23. The van der Waals surface area contributed by atoms with Gasteiger partial charge in [0.15, 0.2) is 5.69 Å². The van der Waals surface area contributed by atoms with Gasteiger partial charge in [-0.15, -0.1) is 22.7 Å². The van der Waals surface area contributed by atoms with Crippen molar-refractivity contribution >= 4 is 73.0 Å². The summed E-state index contributed by atoms with van der Waals surface area (Å²) in [5, 5.41) is 23.0. The van der Waals surface area contributed by atoms with Crippen molar-refractivity contribution in [3.8, 4) is 17.9 Å². The predicted molar refractivity (Wildman–Crippen MR) is 141 cm³/mol. The number of carboxylic acids is 1. The molecule has 1 saturated carbocycles. The molecule has 4 aromatic rings. The zero-order valence-electron chi connectivity index (χ0n) is 18.6. The quantitative estimate of drug-likeness (QED) is 0.264. The number of nitrogens with zero attached hydrogens (tertiary/aromatic N) is 2. The van der Waals surface area contributed by atoms with Crippen LogP contribution in [0.15, 0.2) is 36.4 Å². The van der Waals surface area contributed by atoms with Crippen LogP contribution in [0.4, 0.5) is 10.5 Å². The number of benzene rings is 1. The van der Waals surface area contributed by atoms with Crippen molar-refractivity contribution in [1.82, 2.24) is 4.37 Å². The van der Waals surface area contributed by atoms with E-state index in [1.807, 2.05) is 18.2 Å². The van der Waals surface area contributed by atoms with E-state index in [1.165, 1.54) is 22.7 Å². The molecule has 1 aliphatic rings. The number of anilines is 1. The summed E-state index contributed by atoms with van der Waals surface area (Å²) < 4.78 is 10.5. The first-order valence-electron chi connectivity index (χ1n) is 10.7. The lowest BCUT2D eigenvalue weighted by atomic mass is 10.1. The lowest BCUT2D eigenvalue weighted by Crippen LogP contribution is -2.17. The second-order valence-electron chi connectivity index (χ2n) is 8.14. The molecule has 7 nitrogen and oxygen atoms in total. The van der Waals surface area contributed by atoms with Gasteiger partial charge in [-0.05, 0) is 61.3 Å². The van der Waals surface area contributed by atoms with E-state index in [1.54, 1.807) is 31.2 Å². The first-order chi connectivity index (χ1) is 17.3. The van der Waals surface area contributed by atoms with Crippen LogP contribution in [0, 0.1) is 23.2 Å². The number of nitriles is 1. The van der Waals surface area contributed by atoms with Crippen molar-refractivity contribution in [2.45, 2.75) is 31.3 Å². The van der Waals surface area contributed by atoms with Crippen molar-refractivity contribution < 1.29 is 19.4 Å². The number of amides is 1. The van der Waals surface area contributed by atoms with E-state index in [2.05, 4.69) is 21.5 Å². The minimum Gasteiger partial charge on any atom is -0.481 e. The van der Waals surface area contributed by atoms with E-state index >= 15 is 0 Å². The Morgan fingerprint density at radius 3 is 2.69 bits per heavy atom. The molecule has 1 aliphatic carbocycles. The minimum atomic E-state index is -0.769. The molecule has 1 aromatic carbocycles. The summed E-state index contributed by atoms with van der Waals surface area (Å²) in [6.45, 7) is 1.70. The molecule has 0 bridgehead atoms. The molecule has 1 unspecified atom stereocenters. The Morgan fingerprint density at radius 1 is 1.25 bits per heavy atom. The van der Waals surface area contributed by atoms with Gasteiger partial charge in [-0.3, -0.25) is 10.1 Å². The Balaban J connectivity index is 1.33. The standard InChI is InChI=1S/C25H16ClN3O4S3/c1-13(16-4-2-3-5-17(16)26)33-24(32)28-21-18(12-27)29-36-19(21)7-6-15-10-14-11-20(35-22(14)34-15)25(8-9-25)23(30)31/h2-5,10-11,13H,8-9H2,1H3,(H,28,32)(H,30,31). The molecule has 3 heterocycles. The fraction of sp³-hybridized carbons (Fsp3) is 0.200. The smallest absolute Gasteiger partial charge is 0.412 e. The van der Waals surface area contributed by atoms with Gasteiger partial charge >= 0.3 is 12.1 Å². The number of aliphatic carboxylic acids is 1. The molecule has 5 rings (SSSR count). The number of carbonyl (C=O) groups excluding carboxylic acids is 1. The fourth-order valence-corrected chi connectivity index (χ4v) is 7.15. The van der Waals surface area contributed by atoms with Gasteiger partial charge in [-0.25, -0.2) is 4.79 Å². The molecular weight excluding hydrogens is 538 g/mol. The van der Waals surface area contributed by atoms with Crippen molar-refractivity contribution in [3.05, 3.63) is 67.3 Å². The van der Waals surface area contributed by atoms with Crippen LogP contribution in [0.3, 0.4) is 0 Å². The van der Waals surface area contributed by atoms with Gasteiger partial charge < -0.3 is 9.84 Å². The lowest BCUT2D eigenvalue weighted by molar-refractivity contribution is -0.139. The van der Waals surface area contributed by atoms with Crippen molar-refractivity contribution in [2.24, 2.45) is 0 Å². The highest BCUT2D eigenvalue weighted by molar-refractivity contribution is 7.38. The van der Waals surface area contributed by atoms with Crippen LogP contribution in [0.2, 0.25) is 5.02 Å². The number of hydrogen-bond donors (Lipinski definition) is 2. The van der Waals surface area contributed by atoms with Crippen LogP contribution >= 0.6 is 45.8 Å². The van der Waals surface area contributed by atoms with Crippen LogP contribution < -0.4 is 5.32 Å². The molecule has 36 heavy (non-hydrogen) atoms. The number of rotatable bonds is 5. The van der Waals surface area contributed by atoms with Gasteiger partial charge in [0.2, 0.25) is 0 Å². The predicted octanol–water partition coefficient (Wildman–Crippen LogP) is 6.77. The van der Waals surface area contributed by atoms with E-state index in [-0.39, 0.29) is 11.4 Å². The van der Waals surface area contributed by atoms with E-state index in [9.17, 15) is 20.0 Å². The van der Waals surface area contributed by atoms with E-state index in [4.69, 9.17) is 16.3 Å². The fourth-order valence-electron chi connectivity index (χ4n) is 3.67. The molecule has 0 saturated heterocycles. The third kappa shape index (κ3) is 4.57. The van der Waals surface area contributed by atoms with Crippen LogP contribution in [0.1, 0.15) is 51.8 Å². The van der Waals surface area contributed by atoms with Crippen LogP contribution in [-0.2, 0) is 14.9 Å². The highest BCUT2D eigenvalue weighted by Crippen LogP contribution is 2.52. The largest absolute Gasteiger partial charge is 0.481 e. The minimum absolute atomic E-state index is 0.0480. The number of ether oxygens (including phenoxy) is 1. The molecule has 0 radical (unpaired) electrons. The van der Waals surface area contributed by atoms with Crippen molar-refractivity contribution in [2.75, 3.05) is 5.32 Å². The van der Waals surface area contributed by atoms with Gasteiger partial charge in [0.1, 0.15) is 28.2 Å². The summed E-state index contributed by atoms with van der Waals surface area (Å²) >= 11 is 10.2. The third-order valence-electron chi connectivity index (χ3n) is 5.80. The maximum Gasteiger partial charge on any atom is 0.412 e. The summed E-state index contributed by atoms with van der Waals surface area (Å²) in [7, 11) is 0. The second-order valence-corrected chi connectivity index (χ2v) is 11.7. The average molecular weight is 554 g/mol. The normalized spacial score (nSPS) is 14.4. The maximum absolute atomic E-state index is 12.6. The summed E-state index contributed by atoms with van der Waals surface area (Å²) in [5.41, 5.74) is 0.190. The second kappa shape index (κ2) is 9.57. The Kier molecular flexibility index (Phi) is 6.45. The number of fused-ring (bicyclic) bond motifs is 1. The zero-order chi connectivity index (χ0) is 25.4. The number of thiophene rings is 2. The Hall–Kier alpha value is -3.41. The number of carbonyl (C=O) groups is 2. The first kappa shape index (κ1) is 24.3. The molecule has 1 amide bonds. The highest BCUT2D eigenvalue weighted by atomic mass is 35.5. The molecule has 2 N–H and O–H groups in total. The molecular formula is C25H16ClN3O4S3. The van der Waals surface area contributed by atoms with Crippen molar-refractivity contribution in [1.29, 1.82) is 5.26 Å². The molecule has 1 fully saturated rings. The Bertz CT molecular complexity index is 1580. The number of nitrogens with one attached hydrogen (secondary N) is 1. The van der Waals surface area contributed by atoms with E-state index in [0.717, 1.165) is 30.7 Å². The highest BCUT2D eigenvalue weighted by Gasteiger charge is 2.53. The number of halogens is 1. The van der Waals surface area contributed by atoms with Crippen molar-refractivity contribution in [3.63, 3.8) is 0 Å². The van der Waals surface area contributed by atoms with Gasteiger partial charge in [0, 0.05) is 20.8 Å². The topological polar surface area (TPSA) is 112 Å². The molecule has 0 aliphatic heterocycles. The molecule has 180 valence electrons. The molecule has 0 spiro atoms. The Labute approximate surface area is 223 Å². The van der Waals surface area contributed by atoms with Crippen LogP contribution in [0.25, 0.3) is 9.40 Å². The summed E-state index contributed by atoms with van der Waals surface area (Å²) in [4.78, 5) is 26.3. The SMILES string of the molecule is CC(OC(=O)Nc1c(C#N)nsc1C#Cc1cc2cc(C3(C(=O)O)CC3)sc2s1)c1ccccc1Cl. The van der Waals surface area contributed by atoms with Crippen LogP contribution in [-0.4, -0.2) is 21.5 Å². The zero-order valence-corrected chi connectivity index (χ0v) is 21.8. The molecule has 11 heteroatoms. The van der Waals surface area contributed by atoms with Gasteiger partial charge in [0.25, 0.3) is 0 Å². The van der Waals surface area contributed by atoms with Gasteiger partial charge in [-0.2, -0.15) is 9.64 Å². The number of hydrogen-bond acceptors (Lipinski definition) is 8. The first-order valence-corrected chi connectivity index (χ1v) is 13.5. The van der Waals surface area contributed by atoms with Gasteiger partial charge in [0.05, 0.1) is 8.89 Å². The lowest BCUT2D eigenvalue weighted by Gasteiger charge is -2.15. The van der Waals surface area contributed by atoms with E-state index in [0.29, 0.717) is 28.3 Å². The van der Waals surface area contributed by atoms with Gasteiger partial charge in [-0.1, -0.05) is 29.8 Å². The monoisotopic (exact) mass is 553 g/mol. The third-order valence-corrected chi connectivity index (χ3v) is 9.41. The summed E-state index contributed by atoms with van der Waals surface area (Å²) in [6.07, 6.45) is -0.0147. The maximum atomic E-state index is 12.6. The molecule has 3 aromatic heterocycles.